The Labute approximate surface area is 165 Å². The summed E-state index contributed by atoms with van der Waals surface area (Å²) in [6.45, 7) is 7.63. The molecule has 2 atom stereocenters. The van der Waals surface area contributed by atoms with Crippen molar-refractivity contribution in [1.82, 2.24) is 10.2 Å². The summed E-state index contributed by atoms with van der Waals surface area (Å²) in [4.78, 5) is 26.4. The van der Waals surface area contributed by atoms with Crippen LogP contribution in [0, 0.1) is 0 Å². The van der Waals surface area contributed by atoms with Gasteiger partial charge in [-0.2, -0.15) is 0 Å². The predicted molar refractivity (Wildman–Crippen MR) is 106 cm³/mol. The zero-order valence-corrected chi connectivity index (χ0v) is 17.1. The fraction of sp³-hybridized carbons (Fsp3) is 0.600. The van der Waals surface area contributed by atoms with Crippen LogP contribution >= 0.6 is 11.8 Å². The molecule has 0 bridgehead atoms. The molecular formula is C20H28N2O4S. The summed E-state index contributed by atoms with van der Waals surface area (Å²) in [6.07, 6.45) is 2.07. The highest BCUT2D eigenvalue weighted by atomic mass is 32.2. The highest BCUT2D eigenvalue weighted by Crippen LogP contribution is 2.47. The van der Waals surface area contributed by atoms with Gasteiger partial charge in [0.15, 0.2) is 11.5 Å². The van der Waals surface area contributed by atoms with Crippen molar-refractivity contribution in [2.75, 3.05) is 25.5 Å². The van der Waals surface area contributed by atoms with Crippen molar-refractivity contribution in [2.24, 2.45) is 0 Å². The van der Waals surface area contributed by atoms with Crippen LogP contribution < -0.4 is 14.8 Å². The van der Waals surface area contributed by atoms with E-state index in [0.717, 1.165) is 23.5 Å². The molecule has 2 fully saturated rings. The molecule has 1 aromatic rings. The maximum atomic E-state index is 12.6. The first kappa shape index (κ1) is 19.9. The molecule has 2 aliphatic rings. The second kappa shape index (κ2) is 8.42. The Morgan fingerprint density at radius 2 is 2.04 bits per heavy atom. The van der Waals surface area contributed by atoms with Crippen molar-refractivity contribution in [3.8, 4) is 11.5 Å². The number of benzene rings is 1. The van der Waals surface area contributed by atoms with Gasteiger partial charge >= 0.3 is 0 Å². The van der Waals surface area contributed by atoms with Crippen LogP contribution in [0.4, 0.5) is 0 Å². The lowest BCUT2D eigenvalue weighted by molar-refractivity contribution is -0.137. The Balaban J connectivity index is 1.56. The Hall–Kier alpha value is -1.89. The summed E-state index contributed by atoms with van der Waals surface area (Å²) < 4.78 is 11.2. The lowest BCUT2D eigenvalue weighted by Gasteiger charge is -2.29. The van der Waals surface area contributed by atoms with E-state index < -0.39 is 0 Å². The molecule has 2 saturated heterocycles. The number of thioether (sulfide) groups is 1. The van der Waals surface area contributed by atoms with Gasteiger partial charge in [-0.15, -0.1) is 11.8 Å². The number of nitrogens with zero attached hydrogens (tertiary/aromatic N) is 1. The third kappa shape index (κ3) is 4.18. The van der Waals surface area contributed by atoms with Crippen molar-refractivity contribution in [1.29, 1.82) is 0 Å². The monoisotopic (exact) mass is 392 g/mol. The van der Waals surface area contributed by atoms with Gasteiger partial charge in [0, 0.05) is 18.7 Å². The molecule has 0 aromatic heterocycles. The third-order valence-electron chi connectivity index (χ3n) is 5.07. The van der Waals surface area contributed by atoms with Crippen LogP contribution in [0.5, 0.6) is 11.5 Å². The molecule has 27 heavy (non-hydrogen) atoms. The summed E-state index contributed by atoms with van der Waals surface area (Å²) in [7, 11) is 0. The average Bonchev–Trinajstić information content (AvgIpc) is 3.13. The first-order chi connectivity index (χ1) is 13.0. The lowest BCUT2D eigenvalue weighted by atomic mass is 10.1. The molecule has 7 heteroatoms. The van der Waals surface area contributed by atoms with Crippen LogP contribution in [0.1, 0.15) is 39.2 Å². The third-order valence-corrected chi connectivity index (χ3v) is 6.57. The first-order valence-corrected chi connectivity index (χ1v) is 10.6. The minimum Gasteiger partial charge on any atom is -0.490 e. The highest BCUT2D eigenvalue weighted by Gasteiger charge is 2.52. The molecule has 0 saturated carbocycles. The van der Waals surface area contributed by atoms with Gasteiger partial charge < -0.3 is 19.7 Å². The fourth-order valence-corrected chi connectivity index (χ4v) is 5.15. The number of amides is 2. The molecule has 148 valence electrons. The van der Waals surface area contributed by atoms with Gasteiger partial charge in [0.2, 0.25) is 11.8 Å². The summed E-state index contributed by atoms with van der Waals surface area (Å²) in [5, 5.41) is 3.00. The summed E-state index contributed by atoms with van der Waals surface area (Å²) in [5.74, 6) is 2.18. The smallest absolute Gasteiger partial charge is 0.243 e. The molecule has 2 heterocycles. The second-order valence-corrected chi connectivity index (χ2v) is 8.46. The zero-order valence-electron chi connectivity index (χ0n) is 16.2. The van der Waals surface area contributed by atoms with E-state index >= 15 is 0 Å². The summed E-state index contributed by atoms with van der Waals surface area (Å²) >= 11 is 1.71. The lowest BCUT2D eigenvalue weighted by Crippen LogP contribution is -2.50. The number of hydrogen-bond donors (Lipinski definition) is 1. The van der Waals surface area contributed by atoms with Gasteiger partial charge in [-0.3, -0.25) is 9.59 Å². The van der Waals surface area contributed by atoms with Crippen molar-refractivity contribution in [2.45, 2.75) is 50.9 Å². The molecule has 2 amide bonds. The highest BCUT2D eigenvalue weighted by molar-refractivity contribution is 8.01. The number of carbonyl (C=O) groups excluding carboxylic acids is 2. The SMILES string of the molecule is CCOc1ccc(CCNC(=O)[C@@H]2CS[C@]3(C)CCC(=O)N23)cc1OCC. The van der Waals surface area contributed by atoms with Gasteiger partial charge in [-0.05, 0) is 51.3 Å². The Morgan fingerprint density at radius 1 is 1.30 bits per heavy atom. The van der Waals surface area contributed by atoms with Crippen molar-refractivity contribution in [3.63, 3.8) is 0 Å². The van der Waals surface area contributed by atoms with E-state index in [0.29, 0.717) is 38.4 Å². The molecule has 0 radical (unpaired) electrons. The first-order valence-electron chi connectivity index (χ1n) is 9.61. The molecule has 0 spiro atoms. The number of carbonyl (C=O) groups is 2. The van der Waals surface area contributed by atoms with Gasteiger partial charge in [0.25, 0.3) is 0 Å². The van der Waals surface area contributed by atoms with E-state index in [4.69, 9.17) is 9.47 Å². The van der Waals surface area contributed by atoms with Crippen molar-refractivity contribution < 1.29 is 19.1 Å². The van der Waals surface area contributed by atoms with E-state index in [1.165, 1.54) is 0 Å². The van der Waals surface area contributed by atoms with Crippen LogP contribution in [0.25, 0.3) is 0 Å². The summed E-state index contributed by atoms with van der Waals surface area (Å²) in [6, 6.07) is 5.52. The maximum absolute atomic E-state index is 12.6. The molecule has 1 N–H and O–H groups in total. The van der Waals surface area contributed by atoms with E-state index in [1.807, 2.05) is 32.0 Å². The van der Waals surface area contributed by atoms with Gasteiger partial charge in [0.1, 0.15) is 6.04 Å². The molecule has 0 unspecified atom stereocenters. The van der Waals surface area contributed by atoms with Gasteiger partial charge in [-0.25, -0.2) is 0 Å². The topological polar surface area (TPSA) is 67.9 Å². The van der Waals surface area contributed by atoms with Gasteiger partial charge in [0.05, 0.1) is 18.1 Å². The van der Waals surface area contributed by atoms with Crippen molar-refractivity contribution >= 4 is 23.6 Å². The second-order valence-electron chi connectivity index (χ2n) is 6.95. The van der Waals surface area contributed by atoms with E-state index in [1.54, 1.807) is 16.7 Å². The molecule has 2 aliphatic heterocycles. The quantitative estimate of drug-likeness (QED) is 0.737. The van der Waals surface area contributed by atoms with Crippen LogP contribution in [-0.2, 0) is 16.0 Å². The van der Waals surface area contributed by atoms with Crippen LogP contribution in [0.3, 0.4) is 0 Å². The standard InChI is InChI=1S/C20H28N2O4S/c1-4-25-16-7-6-14(12-17(16)26-5-2)9-11-21-19(24)15-13-27-20(3)10-8-18(23)22(15)20/h6-7,12,15H,4-5,8-11,13H2,1-3H3,(H,21,24)/t15-,20+/m0/s1. The van der Waals surface area contributed by atoms with Crippen LogP contribution in [0.15, 0.2) is 18.2 Å². The number of rotatable bonds is 8. The molecular weight excluding hydrogens is 364 g/mol. The van der Waals surface area contributed by atoms with Crippen molar-refractivity contribution in [3.05, 3.63) is 23.8 Å². The largest absolute Gasteiger partial charge is 0.490 e. The van der Waals surface area contributed by atoms with E-state index in [-0.39, 0.29) is 22.7 Å². The Morgan fingerprint density at radius 3 is 2.78 bits per heavy atom. The van der Waals surface area contributed by atoms with Crippen LogP contribution in [0.2, 0.25) is 0 Å². The van der Waals surface area contributed by atoms with Crippen LogP contribution in [-0.4, -0.2) is 53.1 Å². The summed E-state index contributed by atoms with van der Waals surface area (Å²) in [5.41, 5.74) is 1.07. The zero-order chi connectivity index (χ0) is 19.4. The molecule has 3 rings (SSSR count). The molecule has 6 nitrogen and oxygen atoms in total. The predicted octanol–water partition coefficient (Wildman–Crippen LogP) is 2.60. The number of nitrogens with one attached hydrogen (secondary N) is 1. The van der Waals surface area contributed by atoms with Gasteiger partial charge in [-0.1, -0.05) is 6.07 Å². The molecule has 1 aromatic carbocycles. The maximum Gasteiger partial charge on any atom is 0.243 e. The number of hydrogen-bond acceptors (Lipinski definition) is 5. The van der Waals surface area contributed by atoms with E-state index in [9.17, 15) is 9.59 Å². The average molecular weight is 393 g/mol. The molecule has 0 aliphatic carbocycles. The fourth-order valence-electron chi connectivity index (χ4n) is 3.71. The number of ether oxygens (including phenoxy) is 2. The number of fused-ring (bicyclic) bond motifs is 1. The minimum absolute atomic E-state index is 0.0579. The normalized spacial score (nSPS) is 24.0. The Bertz CT molecular complexity index is 711. The Kier molecular flexibility index (Phi) is 6.19. The minimum atomic E-state index is -0.352. The van der Waals surface area contributed by atoms with E-state index in [2.05, 4.69) is 12.2 Å².